The van der Waals surface area contributed by atoms with Crippen LogP contribution < -0.4 is 9.47 Å². The maximum Gasteiger partial charge on any atom is 0.335 e. The summed E-state index contributed by atoms with van der Waals surface area (Å²) in [4.78, 5) is 21.0. The Morgan fingerprint density at radius 1 is 0.765 bits per heavy atom. The molecule has 0 unspecified atom stereocenters. The van der Waals surface area contributed by atoms with Crippen LogP contribution in [0.15, 0.2) is 98.4 Å². The monoisotopic (exact) mass is 464 g/mol. The summed E-state index contributed by atoms with van der Waals surface area (Å²) in [5.41, 5.74) is 2.27. The minimum Gasteiger partial charge on any atom is -0.462 e. The van der Waals surface area contributed by atoms with E-state index >= 15 is 0 Å². The first-order valence-electron chi connectivity index (χ1n) is 9.77. The van der Waals surface area contributed by atoms with Crippen LogP contribution in [0.3, 0.4) is 0 Å². The number of rotatable bonds is 10. The van der Waals surface area contributed by atoms with Crippen molar-refractivity contribution in [2.75, 3.05) is 0 Å². The van der Waals surface area contributed by atoms with Crippen LogP contribution in [-0.2, 0) is 19.1 Å². The van der Waals surface area contributed by atoms with Crippen molar-refractivity contribution in [3.8, 4) is 33.8 Å². The number of hydrogen-bond acceptors (Lipinski definition) is 6. The smallest absolute Gasteiger partial charge is 0.335 e. The van der Waals surface area contributed by atoms with Crippen LogP contribution in [0.5, 0.6) is 11.5 Å². The van der Waals surface area contributed by atoms with E-state index in [0.29, 0.717) is 22.3 Å². The van der Waals surface area contributed by atoms with Gasteiger partial charge in [-0.05, 0) is 41.0 Å². The van der Waals surface area contributed by atoms with Crippen LogP contribution in [0.1, 0.15) is 0 Å². The summed E-state index contributed by atoms with van der Waals surface area (Å²) in [6, 6.07) is 15.6. The highest BCUT2D eigenvalue weighted by molar-refractivity contribution is 5.81. The van der Waals surface area contributed by atoms with E-state index in [1.165, 1.54) is 18.2 Å². The van der Waals surface area contributed by atoms with Crippen LogP contribution in [0.25, 0.3) is 22.3 Å². The van der Waals surface area contributed by atoms with Crippen LogP contribution >= 0.6 is 0 Å². The molecule has 3 aromatic rings. The zero-order valence-electron chi connectivity index (χ0n) is 17.7. The SMILES string of the molecule is C=CC(=O)O/C=C\Oc1ccc(-c2ccc(-c3ccc(O/C=C\OC=O)c(F)c3)cc2)c(F)c1. The summed E-state index contributed by atoms with van der Waals surface area (Å²) < 4.78 is 48.1. The van der Waals surface area contributed by atoms with Crippen LogP contribution in [0.2, 0.25) is 0 Å². The standard InChI is InChI=1S/C26H18F2O6/c1-2-26(30)34-14-13-32-21-8-9-22(23(27)16-21)19-5-3-18(4-6-19)20-7-10-25(24(28)15-20)33-12-11-31-17-29/h2-17H,1H2/b12-11-,14-13-. The zero-order valence-corrected chi connectivity index (χ0v) is 17.7. The molecule has 0 aliphatic rings. The van der Waals surface area contributed by atoms with E-state index in [2.05, 4.69) is 16.1 Å². The molecule has 0 aliphatic carbocycles. The van der Waals surface area contributed by atoms with Crippen molar-refractivity contribution in [1.29, 1.82) is 0 Å². The first kappa shape index (κ1) is 23.9. The Balaban J connectivity index is 1.69. The maximum absolute atomic E-state index is 14.6. The second-order valence-electron chi connectivity index (χ2n) is 6.52. The summed E-state index contributed by atoms with van der Waals surface area (Å²) in [6.07, 6.45) is 5.15. The molecule has 0 saturated heterocycles. The average Bonchev–Trinajstić information content (AvgIpc) is 2.85. The number of esters is 1. The summed E-state index contributed by atoms with van der Waals surface area (Å²) in [5.74, 6) is -1.58. The van der Waals surface area contributed by atoms with Gasteiger partial charge in [0, 0.05) is 17.7 Å². The number of benzene rings is 3. The molecule has 3 rings (SSSR count). The van der Waals surface area contributed by atoms with Gasteiger partial charge in [-0.15, -0.1) is 0 Å². The highest BCUT2D eigenvalue weighted by Gasteiger charge is 2.09. The topological polar surface area (TPSA) is 71.1 Å². The molecule has 0 aliphatic heterocycles. The van der Waals surface area contributed by atoms with Gasteiger partial charge in [0.25, 0.3) is 6.47 Å². The molecule has 0 atom stereocenters. The van der Waals surface area contributed by atoms with Crippen molar-refractivity contribution in [1.82, 2.24) is 0 Å². The molecule has 8 heteroatoms. The van der Waals surface area contributed by atoms with E-state index in [-0.39, 0.29) is 18.0 Å². The van der Waals surface area contributed by atoms with Crippen LogP contribution in [0.4, 0.5) is 8.78 Å². The molecule has 172 valence electrons. The molecule has 6 nitrogen and oxygen atoms in total. The molecule has 0 aromatic heterocycles. The van der Waals surface area contributed by atoms with Crippen LogP contribution in [0, 0.1) is 11.6 Å². The Morgan fingerprint density at radius 3 is 2.15 bits per heavy atom. The molecule has 0 fully saturated rings. The largest absolute Gasteiger partial charge is 0.462 e. The molecule has 0 radical (unpaired) electrons. The number of hydrogen-bond donors (Lipinski definition) is 0. The van der Waals surface area contributed by atoms with Gasteiger partial charge in [-0.1, -0.05) is 36.9 Å². The summed E-state index contributed by atoms with van der Waals surface area (Å²) in [7, 11) is 0. The maximum atomic E-state index is 14.6. The predicted octanol–water partition coefficient (Wildman–Crippen LogP) is 5.90. The molecule has 0 bridgehead atoms. The second-order valence-corrected chi connectivity index (χ2v) is 6.52. The Labute approximate surface area is 194 Å². The summed E-state index contributed by atoms with van der Waals surface area (Å²) >= 11 is 0. The normalized spacial score (nSPS) is 10.8. The number of carbonyl (C=O) groups is 2. The Hall–Kier alpha value is -4.72. The molecule has 0 amide bonds. The summed E-state index contributed by atoms with van der Waals surface area (Å²) in [5, 5.41) is 0. The van der Waals surface area contributed by atoms with Crippen molar-refractivity contribution >= 4 is 12.4 Å². The van der Waals surface area contributed by atoms with E-state index in [1.807, 2.05) is 0 Å². The lowest BCUT2D eigenvalue weighted by Gasteiger charge is -2.09. The third-order valence-electron chi connectivity index (χ3n) is 4.40. The zero-order chi connectivity index (χ0) is 24.3. The lowest BCUT2D eigenvalue weighted by molar-refractivity contribution is -0.132. The lowest BCUT2D eigenvalue weighted by Crippen LogP contribution is -1.93. The minimum atomic E-state index is -0.643. The third-order valence-corrected chi connectivity index (χ3v) is 4.40. The minimum absolute atomic E-state index is 0.0378. The van der Waals surface area contributed by atoms with Gasteiger partial charge in [0.2, 0.25) is 0 Å². The lowest BCUT2D eigenvalue weighted by atomic mass is 10.00. The van der Waals surface area contributed by atoms with Crippen molar-refractivity contribution in [3.63, 3.8) is 0 Å². The van der Waals surface area contributed by atoms with Gasteiger partial charge >= 0.3 is 5.97 Å². The van der Waals surface area contributed by atoms with Crippen molar-refractivity contribution in [2.24, 2.45) is 0 Å². The molecule has 0 spiro atoms. The van der Waals surface area contributed by atoms with Gasteiger partial charge in [0.05, 0.1) is 0 Å². The van der Waals surface area contributed by atoms with E-state index in [0.717, 1.165) is 31.1 Å². The highest BCUT2D eigenvalue weighted by Crippen LogP contribution is 2.30. The van der Waals surface area contributed by atoms with Gasteiger partial charge in [0.15, 0.2) is 11.6 Å². The molecule has 34 heavy (non-hydrogen) atoms. The summed E-state index contributed by atoms with van der Waals surface area (Å²) in [6.45, 7) is 3.47. The molecule has 0 N–H and O–H groups in total. The Bertz CT molecular complexity index is 1230. The van der Waals surface area contributed by atoms with E-state index in [1.54, 1.807) is 42.5 Å². The fraction of sp³-hybridized carbons (Fsp3) is 0. The van der Waals surface area contributed by atoms with Gasteiger partial charge in [-0.2, -0.15) is 0 Å². The molecule has 0 saturated carbocycles. The Morgan fingerprint density at radius 2 is 1.47 bits per heavy atom. The van der Waals surface area contributed by atoms with Gasteiger partial charge in [-0.25, -0.2) is 13.6 Å². The number of halogens is 2. The van der Waals surface area contributed by atoms with E-state index in [4.69, 9.17) is 9.47 Å². The third kappa shape index (κ3) is 6.39. The molecular weight excluding hydrogens is 446 g/mol. The predicted molar refractivity (Wildman–Crippen MR) is 120 cm³/mol. The number of ether oxygens (including phenoxy) is 4. The molecule has 3 aromatic carbocycles. The van der Waals surface area contributed by atoms with Crippen molar-refractivity contribution < 1.29 is 37.3 Å². The van der Waals surface area contributed by atoms with Crippen LogP contribution in [-0.4, -0.2) is 12.4 Å². The van der Waals surface area contributed by atoms with Gasteiger partial charge in [-0.3, -0.25) is 4.79 Å². The van der Waals surface area contributed by atoms with E-state index in [9.17, 15) is 18.4 Å². The first-order valence-corrected chi connectivity index (χ1v) is 9.77. The fourth-order valence-corrected chi connectivity index (χ4v) is 2.84. The molecular formula is C26H18F2O6. The second kappa shape index (κ2) is 11.8. The fourth-order valence-electron chi connectivity index (χ4n) is 2.84. The highest BCUT2D eigenvalue weighted by atomic mass is 19.1. The van der Waals surface area contributed by atoms with Crippen molar-refractivity contribution in [3.05, 3.63) is 110 Å². The van der Waals surface area contributed by atoms with Gasteiger partial charge < -0.3 is 18.9 Å². The van der Waals surface area contributed by atoms with E-state index < -0.39 is 17.6 Å². The van der Waals surface area contributed by atoms with Gasteiger partial charge in [0.1, 0.15) is 36.6 Å². The number of carbonyl (C=O) groups excluding carboxylic acids is 2. The quantitative estimate of drug-likeness (QED) is 0.161. The average molecular weight is 464 g/mol. The van der Waals surface area contributed by atoms with Crippen molar-refractivity contribution in [2.45, 2.75) is 0 Å². The molecule has 0 heterocycles. The first-order chi connectivity index (χ1) is 16.5. The Kier molecular flexibility index (Phi) is 8.29.